The zero-order valence-electron chi connectivity index (χ0n) is 16.8. The summed E-state index contributed by atoms with van der Waals surface area (Å²) in [6.45, 7) is 2.22. The van der Waals surface area contributed by atoms with Gasteiger partial charge in [-0.15, -0.1) is 11.8 Å². The third-order valence-electron chi connectivity index (χ3n) is 4.72. The minimum absolute atomic E-state index is 0.0951. The number of anilines is 1. The number of amides is 2. The van der Waals surface area contributed by atoms with E-state index in [9.17, 15) is 18.0 Å². The van der Waals surface area contributed by atoms with Gasteiger partial charge in [0.25, 0.3) is 0 Å². The molecule has 1 aliphatic heterocycles. The molecule has 9 heteroatoms. The number of carbonyl (C=O) groups excluding carboxylic acids is 2. The third-order valence-corrected chi connectivity index (χ3v) is 7.88. The average molecular weight is 449 g/mol. The minimum atomic E-state index is -3.66. The Balaban J connectivity index is 1.59. The molecule has 160 valence electrons. The Kier molecular flexibility index (Phi) is 7.04. The second-order valence-corrected chi connectivity index (χ2v) is 10.2. The van der Waals surface area contributed by atoms with Gasteiger partial charge in [0.05, 0.1) is 28.7 Å². The Morgan fingerprint density at radius 2 is 2.03 bits per heavy atom. The van der Waals surface area contributed by atoms with Crippen molar-refractivity contribution in [3.63, 3.8) is 0 Å². The molecule has 2 amide bonds. The molecule has 1 aliphatic rings. The minimum Gasteiger partial charge on any atom is -0.497 e. The van der Waals surface area contributed by atoms with Crippen LogP contribution in [0.3, 0.4) is 0 Å². The zero-order chi connectivity index (χ0) is 21.7. The SMILES string of the molecule is CC[C@@H]1Sc2ccc(S(=O)(=O)CCC(=O)NCc3cccc(OC)c3)cc2NC1=O. The van der Waals surface area contributed by atoms with E-state index in [1.54, 1.807) is 25.3 Å². The zero-order valence-corrected chi connectivity index (χ0v) is 18.4. The number of fused-ring (bicyclic) bond motifs is 1. The lowest BCUT2D eigenvalue weighted by Gasteiger charge is -2.23. The van der Waals surface area contributed by atoms with E-state index in [1.807, 2.05) is 19.1 Å². The van der Waals surface area contributed by atoms with Crippen molar-refractivity contribution in [1.29, 1.82) is 0 Å². The normalized spacial score (nSPS) is 15.8. The number of ether oxygens (including phenoxy) is 1. The number of benzene rings is 2. The van der Waals surface area contributed by atoms with Crippen molar-refractivity contribution < 1.29 is 22.7 Å². The van der Waals surface area contributed by atoms with E-state index in [0.29, 0.717) is 17.9 Å². The van der Waals surface area contributed by atoms with Gasteiger partial charge in [0.2, 0.25) is 11.8 Å². The first kappa shape index (κ1) is 22.2. The smallest absolute Gasteiger partial charge is 0.237 e. The lowest BCUT2D eigenvalue weighted by Crippen LogP contribution is -2.28. The number of hydrogen-bond donors (Lipinski definition) is 2. The Bertz CT molecular complexity index is 1050. The molecule has 0 fully saturated rings. The molecule has 30 heavy (non-hydrogen) atoms. The summed E-state index contributed by atoms with van der Waals surface area (Å²) in [6.07, 6.45) is 0.545. The molecule has 0 aromatic heterocycles. The fourth-order valence-corrected chi connectivity index (χ4v) is 5.29. The van der Waals surface area contributed by atoms with E-state index in [2.05, 4.69) is 10.6 Å². The van der Waals surface area contributed by atoms with E-state index < -0.39 is 9.84 Å². The first-order chi connectivity index (χ1) is 14.3. The summed E-state index contributed by atoms with van der Waals surface area (Å²) >= 11 is 1.43. The summed E-state index contributed by atoms with van der Waals surface area (Å²) < 4.78 is 30.5. The first-order valence-corrected chi connectivity index (χ1v) is 12.1. The number of rotatable bonds is 8. The Hall–Kier alpha value is -2.52. The number of carbonyl (C=O) groups is 2. The van der Waals surface area contributed by atoms with Crippen LogP contribution in [0.1, 0.15) is 25.3 Å². The molecule has 3 rings (SSSR count). The van der Waals surface area contributed by atoms with Gasteiger partial charge in [-0.1, -0.05) is 19.1 Å². The topological polar surface area (TPSA) is 102 Å². The van der Waals surface area contributed by atoms with E-state index in [-0.39, 0.29) is 40.7 Å². The maximum Gasteiger partial charge on any atom is 0.237 e. The maximum atomic E-state index is 12.7. The number of hydrogen-bond acceptors (Lipinski definition) is 6. The monoisotopic (exact) mass is 448 g/mol. The highest BCUT2D eigenvalue weighted by molar-refractivity contribution is 8.01. The average Bonchev–Trinajstić information content (AvgIpc) is 2.75. The van der Waals surface area contributed by atoms with Crippen LogP contribution in [0, 0.1) is 0 Å². The van der Waals surface area contributed by atoms with Crippen molar-refractivity contribution in [2.24, 2.45) is 0 Å². The van der Waals surface area contributed by atoms with E-state index in [0.717, 1.165) is 10.5 Å². The summed E-state index contributed by atoms with van der Waals surface area (Å²) in [5.41, 5.74) is 1.36. The largest absolute Gasteiger partial charge is 0.497 e. The summed E-state index contributed by atoms with van der Waals surface area (Å²) in [4.78, 5) is 25.1. The van der Waals surface area contributed by atoms with Gasteiger partial charge in [-0.05, 0) is 42.3 Å². The van der Waals surface area contributed by atoms with Crippen LogP contribution >= 0.6 is 11.8 Å². The quantitative estimate of drug-likeness (QED) is 0.644. The molecular formula is C21H24N2O5S2. The Morgan fingerprint density at radius 1 is 1.23 bits per heavy atom. The van der Waals surface area contributed by atoms with Gasteiger partial charge in [0, 0.05) is 17.9 Å². The predicted octanol–water partition coefficient (Wildman–Crippen LogP) is 3.00. The van der Waals surface area contributed by atoms with Crippen LogP contribution in [0.15, 0.2) is 52.3 Å². The summed E-state index contributed by atoms with van der Waals surface area (Å²) in [5, 5.41) is 5.32. The summed E-state index contributed by atoms with van der Waals surface area (Å²) in [5.74, 6) is -0.100. The fraction of sp³-hybridized carbons (Fsp3) is 0.333. The van der Waals surface area contributed by atoms with Gasteiger partial charge in [0.15, 0.2) is 9.84 Å². The first-order valence-electron chi connectivity index (χ1n) is 9.56. The van der Waals surface area contributed by atoms with Crippen LogP contribution in [0.25, 0.3) is 0 Å². The lowest BCUT2D eigenvalue weighted by atomic mass is 10.2. The highest BCUT2D eigenvalue weighted by atomic mass is 32.2. The molecule has 0 aliphatic carbocycles. The molecule has 0 saturated carbocycles. The van der Waals surface area contributed by atoms with E-state index in [1.165, 1.54) is 23.9 Å². The van der Waals surface area contributed by atoms with Crippen molar-refractivity contribution in [1.82, 2.24) is 5.32 Å². The molecule has 0 spiro atoms. The third kappa shape index (κ3) is 5.34. The summed E-state index contributed by atoms with van der Waals surface area (Å²) in [7, 11) is -2.10. The molecule has 0 radical (unpaired) electrons. The molecule has 0 bridgehead atoms. The molecular weight excluding hydrogens is 424 g/mol. The van der Waals surface area contributed by atoms with Gasteiger partial charge in [-0.3, -0.25) is 9.59 Å². The molecule has 0 saturated heterocycles. The van der Waals surface area contributed by atoms with Crippen LogP contribution in [0.4, 0.5) is 5.69 Å². The van der Waals surface area contributed by atoms with Crippen molar-refractivity contribution in [2.75, 3.05) is 18.2 Å². The summed E-state index contributed by atoms with van der Waals surface area (Å²) in [6, 6.07) is 12.0. The van der Waals surface area contributed by atoms with Gasteiger partial charge in [-0.25, -0.2) is 8.42 Å². The molecule has 0 unspecified atom stereocenters. The number of methoxy groups -OCH3 is 1. The van der Waals surface area contributed by atoms with Crippen LogP contribution < -0.4 is 15.4 Å². The van der Waals surface area contributed by atoms with Gasteiger partial charge >= 0.3 is 0 Å². The number of nitrogens with one attached hydrogen (secondary N) is 2. The van der Waals surface area contributed by atoms with E-state index in [4.69, 9.17) is 4.74 Å². The van der Waals surface area contributed by atoms with Crippen molar-refractivity contribution >= 4 is 39.1 Å². The van der Waals surface area contributed by atoms with Crippen molar-refractivity contribution in [3.8, 4) is 5.75 Å². The Labute approximate surface area is 180 Å². The lowest BCUT2D eigenvalue weighted by molar-refractivity contribution is -0.121. The molecule has 2 aromatic carbocycles. The molecule has 1 heterocycles. The maximum absolute atomic E-state index is 12.7. The molecule has 1 atom stereocenters. The van der Waals surface area contributed by atoms with Gasteiger partial charge < -0.3 is 15.4 Å². The van der Waals surface area contributed by atoms with Gasteiger partial charge in [0.1, 0.15) is 5.75 Å². The van der Waals surface area contributed by atoms with Crippen LogP contribution in [0.5, 0.6) is 5.75 Å². The molecule has 2 N–H and O–H groups in total. The molecule has 7 nitrogen and oxygen atoms in total. The van der Waals surface area contributed by atoms with Crippen LogP contribution in [-0.4, -0.2) is 38.3 Å². The number of thioether (sulfide) groups is 1. The standard InChI is InChI=1S/C21H24N2O5S2/c1-3-18-21(25)23-17-12-16(7-8-19(17)29-18)30(26,27)10-9-20(24)22-13-14-5-4-6-15(11-14)28-2/h4-8,11-12,18H,3,9-10,13H2,1-2H3,(H,22,24)(H,23,25)/t18-/m0/s1. The Morgan fingerprint density at radius 3 is 2.77 bits per heavy atom. The van der Waals surface area contributed by atoms with Crippen LogP contribution in [0.2, 0.25) is 0 Å². The van der Waals surface area contributed by atoms with Crippen LogP contribution in [-0.2, 0) is 26.0 Å². The number of sulfone groups is 1. The van der Waals surface area contributed by atoms with Gasteiger partial charge in [-0.2, -0.15) is 0 Å². The second-order valence-electron chi connectivity index (χ2n) is 6.86. The molecule has 2 aromatic rings. The predicted molar refractivity (Wildman–Crippen MR) is 117 cm³/mol. The fourth-order valence-electron chi connectivity index (χ4n) is 3.01. The second kappa shape index (κ2) is 9.53. The highest BCUT2D eigenvalue weighted by Crippen LogP contribution is 2.38. The highest BCUT2D eigenvalue weighted by Gasteiger charge is 2.27. The van der Waals surface area contributed by atoms with E-state index >= 15 is 0 Å². The van der Waals surface area contributed by atoms with Crippen molar-refractivity contribution in [2.45, 2.75) is 41.4 Å². The van der Waals surface area contributed by atoms with Crippen molar-refractivity contribution in [3.05, 3.63) is 48.0 Å².